The third-order valence-corrected chi connectivity index (χ3v) is 1.60. The van der Waals surface area contributed by atoms with Crippen molar-refractivity contribution in [3.63, 3.8) is 0 Å². The normalized spacial score (nSPS) is 16.7. The minimum Gasteiger partial charge on any atom is -0.479 e. The first-order valence-corrected chi connectivity index (χ1v) is 4.31. The minimum absolute atomic E-state index is 0.360. The molecule has 78 valence electrons. The van der Waals surface area contributed by atoms with Crippen LogP contribution in [0.25, 0.3) is 0 Å². The fourth-order valence-electron chi connectivity index (χ4n) is 0.463. The Kier molecular flexibility index (Phi) is 3.88. The van der Waals surface area contributed by atoms with Crippen molar-refractivity contribution in [1.29, 1.82) is 0 Å². The number of rotatable bonds is 4. The van der Waals surface area contributed by atoms with Gasteiger partial charge in [0.1, 0.15) is 0 Å². The zero-order valence-corrected chi connectivity index (χ0v) is 8.88. The molecule has 1 atom stereocenters. The van der Waals surface area contributed by atoms with Gasteiger partial charge in [-0.3, -0.25) is 0 Å². The van der Waals surface area contributed by atoms with Gasteiger partial charge in [-0.15, -0.1) is 0 Å². The Morgan fingerprint density at radius 1 is 1.23 bits per heavy atom. The van der Waals surface area contributed by atoms with Crippen molar-refractivity contribution in [2.75, 3.05) is 0 Å². The van der Waals surface area contributed by atoms with Crippen LogP contribution in [0.2, 0.25) is 0 Å². The summed E-state index contributed by atoms with van der Waals surface area (Å²) in [5.74, 6) is -1.01. The number of hydrogen-bond donors (Lipinski definition) is 1. The van der Waals surface area contributed by atoms with E-state index in [0.717, 1.165) is 0 Å². The maximum Gasteiger partial charge on any atom is 0.339 e. The monoisotopic (exact) mass is 190 g/mol. The quantitative estimate of drug-likeness (QED) is 0.544. The number of carbonyl (C=O) groups is 1. The molecule has 0 heterocycles. The van der Waals surface area contributed by atoms with Crippen molar-refractivity contribution in [1.82, 2.24) is 0 Å². The van der Waals surface area contributed by atoms with E-state index in [1.165, 1.54) is 6.92 Å². The molecule has 1 N–H and O–H groups in total. The van der Waals surface area contributed by atoms with Crippen LogP contribution in [0.3, 0.4) is 0 Å². The summed E-state index contributed by atoms with van der Waals surface area (Å²) in [4.78, 5) is 20.6. The van der Waals surface area contributed by atoms with E-state index in [-0.39, 0.29) is 0 Å². The smallest absolute Gasteiger partial charge is 0.339 e. The first-order chi connectivity index (χ1) is 5.71. The van der Waals surface area contributed by atoms with Gasteiger partial charge in [0.25, 0.3) is 0 Å². The van der Waals surface area contributed by atoms with Crippen molar-refractivity contribution in [2.45, 2.75) is 52.2 Å². The zero-order valence-electron chi connectivity index (χ0n) is 8.88. The minimum atomic E-state index is -1.26. The number of carboxylic acid groups (broad SMARTS) is 1. The lowest BCUT2D eigenvalue weighted by Gasteiger charge is -2.27. The largest absolute Gasteiger partial charge is 0.479 e. The third kappa shape index (κ3) is 4.24. The van der Waals surface area contributed by atoms with E-state index in [1.807, 2.05) is 0 Å². The number of hydrogen-bond acceptors (Lipinski definition) is 3. The van der Waals surface area contributed by atoms with Gasteiger partial charge in [-0.2, -0.15) is 0 Å². The standard InChI is InChI=1S/C9H18O4/c1-6-9(5,7(10)11)13-12-8(2,3)4/h6H2,1-5H3,(H,10,11). The van der Waals surface area contributed by atoms with E-state index in [2.05, 4.69) is 0 Å². The lowest BCUT2D eigenvalue weighted by atomic mass is 10.1. The maximum absolute atomic E-state index is 10.8. The fraction of sp³-hybridized carbons (Fsp3) is 0.889. The predicted molar refractivity (Wildman–Crippen MR) is 48.3 cm³/mol. The fourth-order valence-corrected chi connectivity index (χ4v) is 0.463. The van der Waals surface area contributed by atoms with Gasteiger partial charge in [0.05, 0.1) is 5.60 Å². The second kappa shape index (κ2) is 4.07. The van der Waals surface area contributed by atoms with Crippen LogP contribution in [0.4, 0.5) is 0 Å². The topological polar surface area (TPSA) is 55.8 Å². The molecule has 0 aliphatic carbocycles. The predicted octanol–water partition coefficient (Wildman–Crippen LogP) is 1.99. The van der Waals surface area contributed by atoms with Crippen LogP contribution in [0.5, 0.6) is 0 Å². The van der Waals surface area contributed by atoms with Gasteiger partial charge in [0.2, 0.25) is 0 Å². The molecule has 0 aliphatic heterocycles. The molecule has 0 rings (SSSR count). The van der Waals surface area contributed by atoms with Gasteiger partial charge in [-0.05, 0) is 34.1 Å². The number of carboxylic acids is 1. The molecule has 4 heteroatoms. The molecule has 0 aliphatic rings. The molecular formula is C9H18O4. The van der Waals surface area contributed by atoms with E-state index in [4.69, 9.17) is 14.9 Å². The third-order valence-electron chi connectivity index (χ3n) is 1.60. The second-order valence-corrected chi connectivity index (χ2v) is 4.17. The first-order valence-electron chi connectivity index (χ1n) is 4.31. The maximum atomic E-state index is 10.8. The van der Waals surface area contributed by atoms with Crippen molar-refractivity contribution in [3.05, 3.63) is 0 Å². The van der Waals surface area contributed by atoms with Gasteiger partial charge >= 0.3 is 5.97 Å². The van der Waals surface area contributed by atoms with Gasteiger partial charge in [-0.1, -0.05) is 6.92 Å². The molecule has 1 unspecified atom stereocenters. The first kappa shape index (κ1) is 12.4. The second-order valence-electron chi connectivity index (χ2n) is 4.17. The SMILES string of the molecule is CCC(C)(OOC(C)(C)C)C(=O)O. The Hall–Kier alpha value is -0.610. The van der Waals surface area contributed by atoms with Gasteiger partial charge in [0, 0.05) is 0 Å². The Morgan fingerprint density at radius 3 is 1.92 bits per heavy atom. The number of aliphatic carboxylic acids is 1. The van der Waals surface area contributed by atoms with Crippen LogP contribution < -0.4 is 0 Å². The van der Waals surface area contributed by atoms with Crippen LogP contribution in [0.1, 0.15) is 41.0 Å². The Balaban J connectivity index is 4.22. The van der Waals surface area contributed by atoms with Crippen LogP contribution in [-0.2, 0) is 14.6 Å². The van der Waals surface area contributed by atoms with Crippen molar-refractivity contribution < 1.29 is 19.7 Å². The molecule has 0 saturated heterocycles. The van der Waals surface area contributed by atoms with Gasteiger partial charge < -0.3 is 5.11 Å². The summed E-state index contributed by atoms with van der Waals surface area (Å²) >= 11 is 0. The van der Waals surface area contributed by atoms with E-state index in [0.29, 0.717) is 6.42 Å². The molecule has 0 amide bonds. The highest BCUT2D eigenvalue weighted by Crippen LogP contribution is 2.19. The Bertz CT molecular complexity index is 183. The molecule has 0 spiro atoms. The summed E-state index contributed by atoms with van der Waals surface area (Å²) in [5, 5.41) is 8.82. The molecule has 0 aromatic heterocycles. The highest BCUT2D eigenvalue weighted by atomic mass is 17.2. The van der Waals surface area contributed by atoms with E-state index in [9.17, 15) is 4.79 Å². The van der Waals surface area contributed by atoms with Crippen LogP contribution in [0, 0.1) is 0 Å². The van der Waals surface area contributed by atoms with Crippen molar-refractivity contribution >= 4 is 5.97 Å². The highest BCUT2D eigenvalue weighted by molar-refractivity contribution is 5.76. The van der Waals surface area contributed by atoms with Crippen LogP contribution >= 0.6 is 0 Å². The molecule has 0 fully saturated rings. The molecule has 0 bridgehead atoms. The zero-order chi connectivity index (χ0) is 10.7. The van der Waals surface area contributed by atoms with E-state index < -0.39 is 17.2 Å². The lowest BCUT2D eigenvalue weighted by molar-refractivity contribution is -0.393. The lowest BCUT2D eigenvalue weighted by Crippen LogP contribution is -2.40. The van der Waals surface area contributed by atoms with E-state index in [1.54, 1.807) is 27.7 Å². The highest BCUT2D eigenvalue weighted by Gasteiger charge is 2.35. The molecule has 0 aromatic rings. The summed E-state index contributed by atoms with van der Waals surface area (Å²) in [6.45, 7) is 8.61. The Labute approximate surface area is 78.8 Å². The van der Waals surface area contributed by atoms with Gasteiger partial charge in [0.15, 0.2) is 5.60 Å². The summed E-state index contributed by atoms with van der Waals surface area (Å²) in [7, 11) is 0. The molecule has 0 radical (unpaired) electrons. The average molecular weight is 190 g/mol. The average Bonchev–Trinajstić information content (AvgIpc) is 1.98. The molecular weight excluding hydrogens is 172 g/mol. The molecule has 13 heavy (non-hydrogen) atoms. The van der Waals surface area contributed by atoms with Crippen LogP contribution in [0.15, 0.2) is 0 Å². The molecule has 4 nitrogen and oxygen atoms in total. The van der Waals surface area contributed by atoms with Crippen LogP contribution in [-0.4, -0.2) is 22.3 Å². The van der Waals surface area contributed by atoms with Crippen molar-refractivity contribution in [2.24, 2.45) is 0 Å². The molecule has 0 saturated carbocycles. The van der Waals surface area contributed by atoms with Crippen molar-refractivity contribution in [3.8, 4) is 0 Å². The summed E-state index contributed by atoms with van der Waals surface area (Å²) in [6.07, 6.45) is 0.360. The summed E-state index contributed by atoms with van der Waals surface area (Å²) in [5.41, 5.74) is -1.75. The van der Waals surface area contributed by atoms with Gasteiger partial charge in [-0.25, -0.2) is 14.6 Å². The summed E-state index contributed by atoms with van der Waals surface area (Å²) in [6, 6.07) is 0. The summed E-state index contributed by atoms with van der Waals surface area (Å²) < 4.78 is 0. The Morgan fingerprint density at radius 2 is 1.69 bits per heavy atom. The van der Waals surface area contributed by atoms with E-state index >= 15 is 0 Å². The molecule has 0 aromatic carbocycles.